The molecular formula is C13H16N2O. The molecule has 0 aliphatic carbocycles. The van der Waals surface area contributed by atoms with Crippen molar-refractivity contribution < 1.29 is 4.79 Å². The largest absolute Gasteiger partial charge is 0.354 e. The van der Waals surface area contributed by atoms with Gasteiger partial charge in [0.15, 0.2) is 0 Å². The summed E-state index contributed by atoms with van der Waals surface area (Å²) in [7, 11) is 0. The van der Waals surface area contributed by atoms with Crippen LogP contribution in [0.4, 0.5) is 0 Å². The van der Waals surface area contributed by atoms with Gasteiger partial charge >= 0.3 is 0 Å². The van der Waals surface area contributed by atoms with E-state index in [0.29, 0.717) is 19.4 Å². The predicted molar refractivity (Wildman–Crippen MR) is 64.6 cm³/mol. The lowest BCUT2D eigenvalue weighted by molar-refractivity contribution is -0.122. The van der Waals surface area contributed by atoms with E-state index in [1.165, 1.54) is 0 Å². The van der Waals surface area contributed by atoms with Crippen molar-refractivity contribution in [2.75, 3.05) is 6.54 Å². The average Bonchev–Trinajstić information content (AvgIpc) is 2.30. The van der Waals surface area contributed by atoms with Gasteiger partial charge in [-0.25, -0.2) is 0 Å². The van der Waals surface area contributed by atoms with Gasteiger partial charge in [0.25, 0.3) is 0 Å². The molecule has 84 valence electrons. The molecule has 0 unspecified atom stereocenters. The van der Waals surface area contributed by atoms with E-state index in [9.17, 15) is 4.79 Å². The zero-order valence-corrected chi connectivity index (χ0v) is 9.15. The topological polar surface area (TPSA) is 55.1 Å². The number of carbonyl (C=O) groups is 1. The SMILES string of the molecule is C#CCCNC(=O)[C@H](N)Cc1ccccc1. The molecular weight excluding hydrogens is 200 g/mol. The molecule has 0 aliphatic rings. The molecule has 1 rings (SSSR count). The second kappa shape index (κ2) is 6.65. The number of terminal acetylenes is 1. The van der Waals surface area contributed by atoms with Gasteiger partial charge in [0, 0.05) is 13.0 Å². The summed E-state index contributed by atoms with van der Waals surface area (Å²) >= 11 is 0. The van der Waals surface area contributed by atoms with Crippen molar-refractivity contribution in [3.05, 3.63) is 35.9 Å². The number of amides is 1. The molecule has 0 spiro atoms. The van der Waals surface area contributed by atoms with E-state index in [2.05, 4.69) is 11.2 Å². The summed E-state index contributed by atoms with van der Waals surface area (Å²) in [6.45, 7) is 0.484. The molecule has 0 fully saturated rings. The molecule has 0 saturated carbocycles. The minimum absolute atomic E-state index is 0.154. The van der Waals surface area contributed by atoms with Crippen LogP contribution in [0.5, 0.6) is 0 Å². The van der Waals surface area contributed by atoms with E-state index in [1.807, 2.05) is 30.3 Å². The fourth-order valence-electron chi connectivity index (χ4n) is 1.35. The van der Waals surface area contributed by atoms with Crippen LogP contribution in [-0.2, 0) is 11.2 Å². The number of nitrogens with one attached hydrogen (secondary N) is 1. The second-order valence-electron chi connectivity index (χ2n) is 3.54. The zero-order valence-electron chi connectivity index (χ0n) is 9.15. The van der Waals surface area contributed by atoms with Crippen LogP contribution in [0.2, 0.25) is 0 Å². The van der Waals surface area contributed by atoms with Crippen molar-refractivity contribution in [3.8, 4) is 12.3 Å². The zero-order chi connectivity index (χ0) is 11.8. The predicted octanol–water partition coefficient (Wildman–Crippen LogP) is 0.696. The molecule has 1 amide bonds. The molecule has 0 heterocycles. The monoisotopic (exact) mass is 216 g/mol. The molecule has 0 aromatic heterocycles. The van der Waals surface area contributed by atoms with Crippen molar-refractivity contribution in [2.24, 2.45) is 5.73 Å². The Balaban J connectivity index is 2.38. The Morgan fingerprint density at radius 2 is 2.12 bits per heavy atom. The summed E-state index contributed by atoms with van der Waals surface area (Å²) in [5, 5.41) is 2.70. The first kappa shape index (κ1) is 12.3. The van der Waals surface area contributed by atoms with Gasteiger partial charge in [-0.1, -0.05) is 30.3 Å². The van der Waals surface area contributed by atoms with Gasteiger partial charge in [-0.3, -0.25) is 4.79 Å². The van der Waals surface area contributed by atoms with E-state index in [4.69, 9.17) is 12.2 Å². The molecule has 0 saturated heterocycles. The third-order valence-corrected chi connectivity index (χ3v) is 2.20. The highest BCUT2D eigenvalue weighted by Crippen LogP contribution is 2.01. The van der Waals surface area contributed by atoms with E-state index in [0.717, 1.165) is 5.56 Å². The van der Waals surface area contributed by atoms with Gasteiger partial charge in [-0.15, -0.1) is 12.3 Å². The van der Waals surface area contributed by atoms with E-state index in [-0.39, 0.29) is 5.91 Å². The lowest BCUT2D eigenvalue weighted by Gasteiger charge is -2.11. The minimum Gasteiger partial charge on any atom is -0.354 e. The van der Waals surface area contributed by atoms with Gasteiger partial charge in [0.2, 0.25) is 5.91 Å². The Morgan fingerprint density at radius 1 is 1.44 bits per heavy atom. The lowest BCUT2D eigenvalue weighted by atomic mass is 10.1. The van der Waals surface area contributed by atoms with E-state index >= 15 is 0 Å². The number of rotatable bonds is 5. The Hall–Kier alpha value is -1.79. The Morgan fingerprint density at radius 3 is 2.75 bits per heavy atom. The van der Waals surface area contributed by atoms with Crippen molar-refractivity contribution in [1.82, 2.24) is 5.32 Å². The quantitative estimate of drug-likeness (QED) is 0.562. The van der Waals surface area contributed by atoms with Crippen LogP contribution in [-0.4, -0.2) is 18.5 Å². The first-order valence-corrected chi connectivity index (χ1v) is 5.24. The highest BCUT2D eigenvalue weighted by molar-refractivity contribution is 5.81. The maximum atomic E-state index is 11.5. The van der Waals surface area contributed by atoms with E-state index < -0.39 is 6.04 Å². The number of hydrogen-bond acceptors (Lipinski definition) is 2. The molecule has 0 radical (unpaired) electrons. The third-order valence-electron chi connectivity index (χ3n) is 2.20. The van der Waals surface area contributed by atoms with Crippen LogP contribution in [0.3, 0.4) is 0 Å². The molecule has 0 bridgehead atoms. The molecule has 1 atom stereocenters. The number of nitrogens with two attached hydrogens (primary N) is 1. The first-order chi connectivity index (χ1) is 7.74. The van der Waals surface area contributed by atoms with Gasteiger partial charge in [-0.2, -0.15) is 0 Å². The molecule has 3 heteroatoms. The van der Waals surface area contributed by atoms with Crippen LogP contribution < -0.4 is 11.1 Å². The van der Waals surface area contributed by atoms with Crippen LogP contribution >= 0.6 is 0 Å². The summed E-state index contributed by atoms with van der Waals surface area (Å²) in [6, 6.07) is 9.18. The van der Waals surface area contributed by atoms with Gasteiger partial charge in [-0.05, 0) is 12.0 Å². The smallest absolute Gasteiger partial charge is 0.237 e. The summed E-state index contributed by atoms with van der Waals surface area (Å²) in [6.07, 6.45) is 6.16. The van der Waals surface area contributed by atoms with Crippen LogP contribution in [0.1, 0.15) is 12.0 Å². The number of hydrogen-bond donors (Lipinski definition) is 2. The van der Waals surface area contributed by atoms with Crippen molar-refractivity contribution >= 4 is 5.91 Å². The summed E-state index contributed by atoms with van der Waals surface area (Å²) < 4.78 is 0. The summed E-state index contributed by atoms with van der Waals surface area (Å²) in [4.78, 5) is 11.5. The summed E-state index contributed by atoms with van der Waals surface area (Å²) in [5.74, 6) is 2.30. The fraction of sp³-hybridized carbons (Fsp3) is 0.308. The average molecular weight is 216 g/mol. The fourth-order valence-corrected chi connectivity index (χ4v) is 1.35. The van der Waals surface area contributed by atoms with Gasteiger partial charge in [0.1, 0.15) is 0 Å². The first-order valence-electron chi connectivity index (χ1n) is 5.24. The Kier molecular flexibility index (Phi) is 5.10. The molecule has 3 nitrogen and oxygen atoms in total. The highest BCUT2D eigenvalue weighted by atomic mass is 16.2. The molecule has 1 aromatic rings. The molecule has 1 aromatic carbocycles. The maximum absolute atomic E-state index is 11.5. The van der Waals surface area contributed by atoms with Crippen molar-refractivity contribution in [2.45, 2.75) is 18.9 Å². The van der Waals surface area contributed by atoms with Gasteiger partial charge < -0.3 is 11.1 Å². The molecule has 3 N–H and O–H groups in total. The maximum Gasteiger partial charge on any atom is 0.237 e. The van der Waals surface area contributed by atoms with E-state index in [1.54, 1.807) is 0 Å². The Bertz CT molecular complexity index is 367. The van der Waals surface area contributed by atoms with Crippen molar-refractivity contribution in [3.63, 3.8) is 0 Å². The summed E-state index contributed by atoms with van der Waals surface area (Å²) in [5.41, 5.74) is 6.83. The standard InChI is InChI=1S/C13H16N2O/c1-2-3-9-15-13(16)12(14)10-11-7-5-4-6-8-11/h1,4-8,12H,3,9-10,14H2,(H,15,16)/t12-/m1/s1. The highest BCUT2D eigenvalue weighted by Gasteiger charge is 2.12. The second-order valence-corrected chi connectivity index (χ2v) is 3.54. The Labute approximate surface area is 96.0 Å². The minimum atomic E-state index is -0.514. The van der Waals surface area contributed by atoms with Gasteiger partial charge in [0.05, 0.1) is 6.04 Å². The number of carbonyl (C=O) groups excluding carboxylic acids is 1. The normalized spacial score (nSPS) is 11.5. The lowest BCUT2D eigenvalue weighted by Crippen LogP contribution is -2.42. The number of benzene rings is 1. The van der Waals surface area contributed by atoms with Crippen LogP contribution in [0.15, 0.2) is 30.3 Å². The molecule has 16 heavy (non-hydrogen) atoms. The molecule has 0 aliphatic heterocycles. The van der Waals surface area contributed by atoms with Crippen molar-refractivity contribution in [1.29, 1.82) is 0 Å². The third kappa shape index (κ3) is 4.16. The van der Waals surface area contributed by atoms with Crippen LogP contribution in [0, 0.1) is 12.3 Å². The van der Waals surface area contributed by atoms with Crippen LogP contribution in [0.25, 0.3) is 0 Å².